The number of carbonyl (C=O) groups is 2. The summed E-state index contributed by atoms with van der Waals surface area (Å²) in [6.45, 7) is 3.59. The molecule has 0 aliphatic carbocycles. The molecule has 1 amide bonds. The van der Waals surface area contributed by atoms with E-state index in [1.165, 1.54) is 4.88 Å². The van der Waals surface area contributed by atoms with Gasteiger partial charge in [0.15, 0.2) is 0 Å². The SMILES string of the molecule is CCOC(=O)C1CCN(C(=O)CSCc2cccs2)CC1. The fourth-order valence-electron chi connectivity index (χ4n) is 2.35. The number of nitrogens with zero attached hydrogens (tertiary/aromatic N) is 1. The third-order valence-corrected chi connectivity index (χ3v) is 5.54. The molecule has 2 rings (SSSR count). The zero-order valence-electron chi connectivity index (χ0n) is 12.2. The van der Waals surface area contributed by atoms with Crippen molar-refractivity contribution in [3.63, 3.8) is 0 Å². The van der Waals surface area contributed by atoms with Crippen LogP contribution in [0.2, 0.25) is 0 Å². The van der Waals surface area contributed by atoms with Crippen molar-refractivity contribution in [1.29, 1.82) is 0 Å². The van der Waals surface area contributed by atoms with Crippen LogP contribution in [0.15, 0.2) is 17.5 Å². The Morgan fingerprint density at radius 2 is 2.19 bits per heavy atom. The monoisotopic (exact) mass is 327 g/mol. The van der Waals surface area contributed by atoms with Crippen LogP contribution in [-0.4, -0.2) is 42.2 Å². The number of amides is 1. The summed E-state index contributed by atoms with van der Waals surface area (Å²) in [5.41, 5.74) is 0. The summed E-state index contributed by atoms with van der Waals surface area (Å²) in [5.74, 6) is 1.44. The molecule has 0 spiro atoms. The Morgan fingerprint density at radius 1 is 1.43 bits per heavy atom. The first kappa shape index (κ1) is 16.4. The Bertz CT molecular complexity index is 453. The van der Waals surface area contributed by atoms with Gasteiger partial charge in [-0.15, -0.1) is 23.1 Å². The molecule has 116 valence electrons. The van der Waals surface area contributed by atoms with E-state index in [0.717, 1.165) is 18.6 Å². The van der Waals surface area contributed by atoms with Crippen molar-refractivity contribution in [1.82, 2.24) is 4.90 Å². The molecule has 0 bridgehead atoms. The molecule has 1 aliphatic rings. The quantitative estimate of drug-likeness (QED) is 0.754. The summed E-state index contributed by atoms with van der Waals surface area (Å²) in [6.07, 6.45) is 1.44. The molecule has 0 atom stereocenters. The first-order valence-corrected chi connectivity index (χ1v) is 9.28. The van der Waals surface area contributed by atoms with E-state index >= 15 is 0 Å². The highest BCUT2D eigenvalue weighted by Gasteiger charge is 2.27. The molecular formula is C15H21NO3S2. The molecule has 0 aromatic carbocycles. The maximum absolute atomic E-state index is 12.1. The maximum atomic E-state index is 12.1. The highest BCUT2D eigenvalue weighted by atomic mass is 32.2. The molecule has 1 saturated heterocycles. The Balaban J connectivity index is 1.67. The number of carbonyl (C=O) groups excluding carboxylic acids is 2. The number of rotatable bonds is 6. The van der Waals surface area contributed by atoms with Crippen LogP contribution < -0.4 is 0 Å². The standard InChI is InChI=1S/C15H21NO3S2/c1-2-19-15(18)12-5-7-16(8-6-12)14(17)11-20-10-13-4-3-9-21-13/h3-4,9,12H,2,5-8,10-11H2,1H3. The van der Waals surface area contributed by atoms with E-state index < -0.39 is 0 Å². The predicted molar refractivity (Wildman–Crippen MR) is 86.4 cm³/mol. The first-order chi connectivity index (χ1) is 10.2. The molecule has 1 aromatic rings. The van der Waals surface area contributed by atoms with Crippen molar-refractivity contribution in [3.8, 4) is 0 Å². The normalized spacial score (nSPS) is 16.0. The topological polar surface area (TPSA) is 46.6 Å². The highest BCUT2D eigenvalue weighted by Crippen LogP contribution is 2.21. The van der Waals surface area contributed by atoms with Gasteiger partial charge in [0.05, 0.1) is 18.3 Å². The van der Waals surface area contributed by atoms with Crippen LogP contribution in [0.5, 0.6) is 0 Å². The Morgan fingerprint density at radius 3 is 2.81 bits per heavy atom. The maximum Gasteiger partial charge on any atom is 0.309 e. The average Bonchev–Trinajstić information content (AvgIpc) is 3.01. The smallest absolute Gasteiger partial charge is 0.309 e. The fourth-order valence-corrected chi connectivity index (χ4v) is 4.12. The van der Waals surface area contributed by atoms with E-state index in [1.807, 2.05) is 17.9 Å². The lowest BCUT2D eigenvalue weighted by Crippen LogP contribution is -2.41. The van der Waals surface area contributed by atoms with E-state index in [4.69, 9.17) is 4.74 Å². The molecule has 0 radical (unpaired) electrons. The molecule has 0 unspecified atom stereocenters. The number of esters is 1. The number of hydrogen-bond donors (Lipinski definition) is 0. The van der Waals surface area contributed by atoms with Crippen LogP contribution in [0.4, 0.5) is 0 Å². The molecule has 4 nitrogen and oxygen atoms in total. The van der Waals surface area contributed by atoms with Crippen LogP contribution in [0.25, 0.3) is 0 Å². The second kappa shape index (κ2) is 8.44. The lowest BCUT2D eigenvalue weighted by molar-refractivity contribution is -0.151. The number of likely N-dealkylation sites (tertiary alicyclic amines) is 1. The largest absolute Gasteiger partial charge is 0.466 e. The summed E-state index contributed by atoms with van der Waals surface area (Å²) in [5, 5.41) is 2.05. The van der Waals surface area contributed by atoms with Crippen molar-refractivity contribution < 1.29 is 14.3 Å². The third kappa shape index (κ3) is 5.04. The summed E-state index contributed by atoms with van der Waals surface area (Å²) >= 11 is 3.38. The van der Waals surface area contributed by atoms with Gasteiger partial charge in [0, 0.05) is 23.7 Å². The lowest BCUT2D eigenvalue weighted by atomic mass is 9.97. The number of hydrogen-bond acceptors (Lipinski definition) is 5. The lowest BCUT2D eigenvalue weighted by Gasteiger charge is -2.30. The van der Waals surface area contributed by atoms with Gasteiger partial charge < -0.3 is 9.64 Å². The van der Waals surface area contributed by atoms with Crippen molar-refractivity contribution >= 4 is 35.0 Å². The summed E-state index contributed by atoms with van der Waals surface area (Å²) in [7, 11) is 0. The van der Waals surface area contributed by atoms with Crippen LogP contribution in [-0.2, 0) is 20.1 Å². The highest BCUT2D eigenvalue weighted by molar-refractivity contribution is 7.99. The summed E-state index contributed by atoms with van der Waals surface area (Å²) < 4.78 is 5.04. The van der Waals surface area contributed by atoms with Crippen molar-refractivity contribution in [3.05, 3.63) is 22.4 Å². The minimum atomic E-state index is -0.114. The number of piperidine rings is 1. The van der Waals surface area contributed by atoms with Crippen LogP contribution >= 0.6 is 23.1 Å². The van der Waals surface area contributed by atoms with Gasteiger partial charge in [-0.05, 0) is 31.2 Å². The second-order valence-electron chi connectivity index (χ2n) is 4.98. The van der Waals surface area contributed by atoms with Gasteiger partial charge in [0.1, 0.15) is 0 Å². The Labute approximate surface area is 133 Å². The molecule has 1 aliphatic heterocycles. The van der Waals surface area contributed by atoms with Gasteiger partial charge in [-0.25, -0.2) is 0 Å². The van der Waals surface area contributed by atoms with Gasteiger partial charge >= 0.3 is 5.97 Å². The number of thioether (sulfide) groups is 1. The van der Waals surface area contributed by atoms with E-state index in [0.29, 0.717) is 25.4 Å². The van der Waals surface area contributed by atoms with E-state index in [2.05, 4.69) is 11.4 Å². The van der Waals surface area contributed by atoms with Crippen LogP contribution in [0.3, 0.4) is 0 Å². The third-order valence-electron chi connectivity index (χ3n) is 3.52. The molecule has 0 saturated carbocycles. The van der Waals surface area contributed by atoms with E-state index in [1.54, 1.807) is 23.1 Å². The Kier molecular flexibility index (Phi) is 6.57. The van der Waals surface area contributed by atoms with E-state index in [-0.39, 0.29) is 17.8 Å². The summed E-state index contributed by atoms with van der Waals surface area (Å²) in [6, 6.07) is 4.12. The van der Waals surface area contributed by atoms with Gasteiger partial charge in [0.25, 0.3) is 0 Å². The van der Waals surface area contributed by atoms with E-state index in [9.17, 15) is 9.59 Å². The molecule has 1 fully saturated rings. The minimum Gasteiger partial charge on any atom is -0.466 e. The zero-order chi connectivity index (χ0) is 15.1. The molecule has 1 aromatic heterocycles. The fraction of sp³-hybridized carbons (Fsp3) is 0.600. The van der Waals surface area contributed by atoms with Crippen molar-refractivity contribution in [2.75, 3.05) is 25.4 Å². The molecule has 21 heavy (non-hydrogen) atoms. The van der Waals surface area contributed by atoms with Gasteiger partial charge in [-0.2, -0.15) is 0 Å². The average molecular weight is 327 g/mol. The number of ether oxygens (including phenoxy) is 1. The molecule has 0 N–H and O–H groups in total. The van der Waals surface area contributed by atoms with Gasteiger partial charge in [-0.3, -0.25) is 9.59 Å². The summed E-state index contributed by atoms with van der Waals surface area (Å²) in [4.78, 5) is 26.9. The minimum absolute atomic E-state index is 0.0345. The van der Waals surface area contributed by atoms with Crippen LogP contribution in [0, 0.1) is 5.92 Å². The second-order valence-corrected chi connectivity index (χ2v) is 7.00. The van der Waals surface area contributed by atoms with Crippen LogP contribution in [0.1, 0.15) is 24.6 Å². The molecule has 2 heterocycles. The first-order valence-electron chi connectivity index (χ1n) is 7.25. The molecular weight excluding hydrogens is 306 g/mol. The van der Waals surface area contributed by atoms with Crippen molar-refractivity contribution in [2.45, 2.75) is 25.5 Å². The Hall–Kier alpha value is -1.01. The van der Waals surface area contributed by atoms with Gasteiger partial charge in [-0.1, -0.05) is 6.07 Å². The molecule has 6 heteroatoms. The number of thiophene rings is 1. The van der Waals surface area contributed by atoms with Crippen molar-refractivity contribution in [2.24, 2.45) is 5.92 Å². The van der Waals surface area contributed by atoms with Gasteiger partial charge in [0.2, 0.25) is 5.91 Å². The predicted octanol–water partition coefficient (Wildman–Crippen LogP) is 2.78. The zero-order valence-corrected chi connectivity index (χ0v) is 13.9.